The lowest BCUT2D eigenvalue weighted by atomic mass is 9.86. The van der Waals surface area contributed by atoms with Gasteiger partial charge in [0.05, 0.1) is 6.61 Å². The largest absolute Gasteiger partial charge is 0.444 e. The van der Waals surface area contributed by atoms with Crippen molar-refractivity contribution in [1.82, 2.24) is 15.3 Å². The standard InChI is InChI=1S/C36H47N3O6Si/c1-33(2,3)28(39-32(40)45-34(4,5)6)31-38-27(30-37-22(20-42-30)21-43-46(10,11)35(7,8)9)29(44-31)36(41)25-18-14-12-16-23(25)24-17-13-15-19-26(24)36/h12-20,28,41H,21H2,1-11H3,(H,39,40)/t28-/m1/s1. The van der Waals surface area contributed by atoms with Gasteiger partial charge in [0, 0.05) is 11.1 Å². The summed E-state index contributed by atoms with van der Waals surface area (Å²) in [5.41, 5.74) is 0.960. The van der Waals surface area contributed by atoms with Crippen LogP contribution in [-0.4, -0.2) is 35.1 Å². The molecule has 1 aliphatic carbocycles. The highest BCUT2D eigenvalue weighted by molar-refractivity contribution is 6.74. The van der Waals surface area contributed by atoms with Gasteiger partial charge in [0.25, 0.3) is 0 Å². The second kappa shape index (κ2) is 11.5. The van der Waals surface area contributed by atoms with Crippen molar-refractivity contribution >= 4 is 14.4 Å². The van der Waals surface area contributed by atoms with Crippen LogP contribution in [0.25, 0.3) is 22.7 Å². The van der Waals surface area contributed by atoms with E-state index in [2.05, 4.69) is 39.2 Å². The minimum Gasteiger partial charge on any atom is -0.444 e. The molecule has 46 heavy (non-hydrogen) atoms. The number of rotatable bonds is 7. The van der Waals surface area contributed by atoms with E-state index >= 15 is 0 Å². The summed E-state index contributed by atoms with van der Waals surface area (Å²) >= 11 is 0. The normalized spacial score (nSPS) is 15.3. The first-order valence-corrected chi connectivity index (χ1v) is 18.6. The van der Waals surface area contributed by atoms with Gasteiger partial charge in [-0.1, -0.05) is 90.1 Å². The lowest BCUT2D eigenvalue weighted by Crippen LogP contribution is -2.40. The van der Waals surface area contributed by atoms with Gasteiger partial charge in [0.1, 0.15) is 23.6 Å². The van der Waals surface area contributed by atoms with Crippen molar-refractivity contribution in [2.75, 3.05) is 0 Å². The Hall–Kier alpha value is -3.73. The SMILES string of the molecule is CC(C)(C)OC(=O)N[C@H](c1nc(-c2nc(CO[Si](C)(C)C(C)(C)C)co2)c(C2(O)c3ccccc3-c3ccccc32)o1)C(C)(C)C. The van der Waals surface area contributed by atoms with Crippen LogP contribution < -0.4 is 5.32 Å². The Morgan fingerprint density at radius 2 is 1.50 bits per heavy atom. The number of fused-ring (bicyclic) bond motifs is 3. The lowest BCUT2D eigenvalue weighted by Gasteiger charge is -2.35. The fraction of sp³-hybridized carbons (Fsp3) is 0.472. The second-order valence-electron chi connectivity index (χ2n) is 15.7. The van der Waals surface area contributed by atoms with E-state index in [-0.39, 0.29) is 34.9 Å². The topological polar surface area (TPSA) is 120 Å². The predicted octanol–water partition coefficient (Wildman–Crippen LogP) is 8.73. The summed E-state index contributed by atoms with van der Waals surface area (Å²) in [5, 5.41) is 15.8. The molecule has 0 aliphatic heterocycles. The Bertz CT molecular complexity index is 1690. The van der Waals surface area contributed by atoms with E-state index in [9.17, 15) is 9.90 Å². The molecule has 0 unspecified atom stereocenters. The molecule has 1 atom stereocenters. The van der Waals surface area contributed by atoms with E-state index < -0.39 is 37.1 Å². The molecular weight excluding hydrogens is 598 g/mol. The number of carbonyl (C=O) groups is 1. The zero-order valence-electron chi connectivity index (χ0n) is 28.9. The number of hydrogen-bond acceptors (Lipinski definition) is 8. The molecule has 0 bridgehead atoms. The molecule has 0 saturated heterocycles. The van der Waals surface area contributed by atoms with Gasteiger partial charge in [0.2, 0.25) is 11.8 Å². The summed E-state index contributed by atoms with van der Waals surface area (Å²) in [7, 11) is -2.05. The van der Waals surface area contributed by atoms with Crippen LogP contribution in [0.15, 0.2) is 63.6 Å². The third kappa shape index (κ3) is 6.30. The van der Waals surface area contributed by atoms with Crippen LogP contribution in [0.5, 0.6) is 0 Å². The molecular formula is C36H47N3O6Si. The van der Waals surface area contributed by atoms with Crippen molar-refractivity contribution < 1.29 is 27.9 Å². The van der Waals surface area contributed by atoms with Crippen LogP contribution in [-0.2, 0) is 21.4 Å². The van der Waals surface area contributed by atoms with E-state index in [1.165, 1.54) is 0 Å². The number of amides is 1. The third-order valence-electron chi connectivity index (χ3n) is 8.81. The van der Waals surface area contributed by atoms with Gasteiger partial charge in [-0.05, 0) is 55.4 Å². The summed E-state index contributed by atoms with van der Waals surface area (Å²) in [6.07, 6.45) is 0.951. The van der Waals surface area contributed by atoms with Crippen molar-refractivity contribution in [3.05, 3.63) is 83.3 Å². The zero-order valence-corrected chi connectivity index (χ0v) is 29.9. The molecule has 4 aromatic rings. The van der Waals surface area contributed by atoms with Gasteiger partial charge < -0.3 is 28.4 Å². The highest BCUT2D eigenvalue weighted by atomic mass is 28.4. The Morgan fingerprint density at radius 1 is 0.935 bits per heavy atom. The molecule has 0 fully saturated rings. The number of nitrogens with one attached hydrogen (secondary N) is 1. The van der Waals surface area contributed by atoms with Crippen molar-refractivity contribution in [2.45, 2.75) is 104 Å². The number of benzene rings is 2. The van der Waals surface area contributed by atoms with E-state index in [4.69, 9.17) is 28.0 Å². The van der Waals surface area contributed by atoms with Crippen LogP contribution in [0.3, 0.4) is 0 Å². The minimum absolute atomic E-state index is 0.0311. The molecule has 1 amide bonds. The number of nitrogens with zero attached hydrogens (tertiary/aromatic N) is 2. The van der Waals surface area contributed by atoms with Crippen LogP contribution in [0.4, 0.5) is 4.79 Å². The van der Waals surface area contributed by atoms with Gasteiger partial charge in [-0.3, -0.25) is 0 Å². The van der Waals surface area contributed by atoms with Gasteiger partial charge in [-0.2, -0.15) is 0 Å². The summed E-state index contributed by atoms with van der Waals surface area (Å²) in [5.74, 6) is 0.522. The highest BCUT2D eigenvalue weighted by Gasteiger charge is 2.49. The van der Waals surface area contributed by atoms with E-state index in [1.807, 2.05) is 69.3 Å². The molecule has 2 heterocycles. The molecule has 246 valence electrons. The van der Waals surface area contributed by atoms with E-state index in [0.717, 1.165) is 11.1 Å². The first-order valence-electron chi connectivity index (χ1n) is 15.7. The van der Waals surface area contributed by atoms with Gasteiger partial charge in [-0.25, -0.2) is 14.8 Å². The number of aromatic nitrogens is 2. The molecule has 5 rings (SSSR count). The quantitative estimate of drug-likeness (QED) is 0.192. The maximum atomic E-state index is 13.0. The van der Waals surface area contributed by atoms with Crippen molar-refractivity contribution in [3.63, 3.8) is 0 Å². The van der Waals surface area contributed by atoms with E-state index in [1.54, 1.807) is 27.0 Å². The summed E-state index contributed by atoms with van der Waals surface area (Å²) in [6, 6.07) is 14.7. The highest BCUT2D eigenvalue weighted by Crippen LogP contribution is 2.53. The maximum absolute atomic E-state index is 13.0. The first-order chi connectivity index (χ1) is 21.2. The van der Waals surface area contributed by atoms with E-state index in [0.29, 0.717) is 16.8 Å². The number of ether oxygens (including phenoxy) is 1. The van der Waals surface area contributed by atoms with Crippen molar-refractivity contribution in [3.8, 4) is 22.7 Å². The predicted molar refractivity (Wildman–Crippen MR) is 180 cm³/mol. The number of alkyl carbamates (subject to hydrolysis) is 1. The average Bonchev–Trinajstić information content (AvgIpc) is 3.65. The zero-order chi connectivity index (χ0) is 33.9. The summed E-state index contributed by atoms with van der Waals surface area (Å²) < 4.78 is 24.6. The molecule has 0 spiro atoms. The maximum Gasteiger partial charge on any atom is 0.408 e. The molecule has 9 nitrogen and oxygen atoms in total. The van der Waals surface area contributed by atoms with Gasteiger partial charge >= 0.3 is 6.09 Å². The number of aliphatic hydroxyl groups is 1. The Kier molecular flexibility index (Phi) is 8.41. The molecule has 10 heteroatoms. The molecule has 0 radical (unpaired) electrons. The molecule has 2 N–H and O–H groups in total. The lowest BCUT2D eigenvalue weighted by molar-refractivity contribution is 0.0440. The number of oxazole rings is 2. The third-order valence-corrected chi connectivity index (χ3v) is 13.3. The van der Waals surface area contributed by atoms with Crippen LogP contribution in [0.2, 0.25) is 18.1 Å². The summed E-state index contributed by atoms with van der Waals surface area (Å²) in [6.45, 7) is 22.5. The van der Waals surface area contributed by atoms with Gasteiger partial charge in [0.15, 0.2) is 25.4 Å². The summed E-state index contributed by atoms with van der Waals surface area (Å²) in [4.78, 5) is 22.7. The average molecular weight is 646 g/mol. The van der Waals surface area contributed by atoms with Crippen molar-refractivity contribution in [2.24, 2.45) is 5.41 Å². The fourth-order valence-electron chi connectivity index (χ4n) is 5.33. The Labute approximate surface area is 272 Å². The number of hydrogen-bond donors (Lipinski definition) is 2. The molecule has 2 aromatic carbocycles. The first kappa shape index (κ1) is 33.6. The van der Waals surface area contributed by atoms with Gasteiger partial charge in [-0.15, -0.1) is 0 Å². The monoisotopic (exact) mass is 645 g/mol. The Balaban J connectivity index is 1.66. The molecule has 0 saturated carbocycles. The van der Waals surface area contributed by atoms with Crippen LogP contribution in [0, 0.1) is 5.41 Å². The smallest absolute Gasteiger partial charge is 0.408 e. The van der Waals surface area contributed by atoms with Crippen molar-refractivity contribution in [1.29, 1.82) is 0 Å². The molecule has 1 aliphatic rings. The van der Waals surface area contributed by atoms with Crippen LogP contribution in [0.1, 0.15) is 96.8 Å². The Morgan fingerprint density at radius 3 is 2.02 bits per heavy atom. The molecule has 2 aromatic heterocycles. The number of carbonyl (C=O) groups excluding carboxylic acids is 1. The fourth-order valence-corrected chi connectivity index (χ4v) is 6.28. The minimum atomic E-state index is -2.05. The second-order valence-corrected chi connectivity index (χ2v) is 20.5. The van der Waals surface area contributed by atoms with Crippen LogP contribution >= 0.6 is 0 Å².